The van der Waals surface area contributed by atoms with E-state index < -0.39 is 11.7 Å². The van der Waals surface area contributed by atoms with Gasteiger partial charge in [-0.1, -0.05) is 26.7 Å². The second-order valence-corrected chi connectivity index (χ2v) is 8.84. The zero-order chi connectivity index (χ0) is 22.9. The topological polar surface area (TPSA) is 51.0 Å². The van der Waals surface area contributed by atoms with E-state index in [9.17, 15) is 18.0 Å². The van der Waals surface area contributed by atoms with Gasteiger partial charge in [0.2, 0.25) is 0 Å². The number of amides is 1. The molecule has 4 rings (SSSR count). The quantitative estimate of drug-likeness (QED) is 0.478. The lowest BCUT2D eigenvalue weighted by atomic mass is 10.1. The van der Waals surface area contributed by atoms with Gasteiger partial charge in [-0.2, -0.15) is 13.2 Å². The number of benzene rings is 1. The van der Waals surface area contributed by atoms with Crippen molar-refractivity contribution in [2.75, 3.05) is 6.54 Å². The Morgan fingerprint density at radius 2 is 1.84 bits per heavy atom. The van der Waals surface area contributed by atoms with Crippen molar-refractivity contribution in [1.29, 1.82) is 0 Å². The summed E-state index contributed by atoms with van der Waals surface area (Å²) in [5, 5.41) is 0. The molecule has 1 saturated carbocycles. The second kappa shape index (κ2) is 8.92. The Morgan fingerprint density at radius 3 is 2.47 bits per heavy atom. The summed E-state index contributed by atoms with van der Waals surface area (Å²) in [6.45, 7) is 4.77. The molecule has 32 heavy (non-hydrogen) atoms. The van der Waals surface area contributed by atoms with Crippen LogP contribution in [0.25, 0.3) is 11.2 Å². The van der Waals surface area contributed by atoms with Crippen LogP contribution in [0, 0.1) is 5.92 Å². The van der Waals surface area contributed by atoms with Gasteiger partial charge in [-0.15, -0.1) is 0 Å². The smallest absolute Gasteiger partial charge is 0.331 e. The lowest BCUT2D eigenvalue weighted by Crippen LogP contribution is -2.35. The Kier molecular flexibility index (Phi) is 6.22. The minimum Gasteiger partial charge on any atom is -0.331 e. The Balaban J connectivity index is 1.67. The molecule has 0 aliphatic heterocycles. The summed E-state index contributed by atoms with van der Waals surface area (Å²) >= 11 is 0. The van der Waals surface area contributed by atoms with Crippen molar-refractivity contribution in [1.82, 2.24) is 19.4 Å². The molecule has 2 heterocycles. The van der Waals surface area contributed by atoms with Gasteiger partial charge in [0.1, 0.15) is 11.3 Å². The Labute approximate surface area is 185 Å². The van der Waals surface area contributed by atoms with E-state index in [1.807, 2.05) is 26.0 Å². The summed E-state index contributed by atoms with van der Waals surface area (Å²) in [6.07, 6.45) is 1.71. The van der Waals surface area contributed by atoms with Gasteiger partial charge >= 0.3 is 6.18 Å². The minimum absolute atomic E-state index is 0.191. The highest BCUT2D eigenvalue weighted by Crippen LogP contribution is 2.34. The number of rotatable bonds is 6. The molecule has 0 spiro atoms. The molecule has 1 aliphatic carbocycles. The van der Waals surface area contributed by atoms with Crippen LogP contribution < -0.4 is 0 Å². The molecule has 3 aromatic rings. The van der Waals surface area contributed by atoms with Crippen molar-refractivity contribution in [2.45, 2.75) is 58.3 Å². The van der Waals surface area contributed by atoms with Gasteiger partial charge < -0.3 is 9.47 Å². The average molecular weight is 445 g/mol. The minimum atomic E-state index is -4.43. The Bertz CT molecular complexity index is 1080. The van der Waals surface area contributed by atoms with Crippen molar-refractivity contribution in [3.63, 3.8) is 0 Å². The molecule has 0 bridgehead atoms. The molecule has 1 amide bonds. The maximum Gasteiger partial charge on any atom is 0.416 e. The Morgan fingerprint density at radius 1 is 1.16 bits per heavy atom. The maximum absolute atomic E-state index is 13.3. The van der Waals surface area contributed by atoms with E-state index in [-0.39, 0.29) is 23.9 Å². The SMILES string of the molecule is CC(C)CN(Cc1nc2cccnc2n1C1CCCC1)C(=O)c1ccc(C(F)(F)F)cc1. The number of hydrogen-bond acceptors (Lipinski definition) is 3. The van der Waals surface area contributed by atoms with Crippen LogP contribution in [0.4, 0.5) is 13.2 Å². The molecule has 1 aromatic carbocycles. The summed E-state index contributed by atoms with van der Waals surface area (Å²) in [6, 6.07) is 8.47. The molecule has 1 fully saturated rings. The summed E-state index contributed by atoms with van der Waals surface area (Å²) < 4.78 is 40.9. The number of hydrogen-bond donors (Lipinski definition) is 0. The third-order valence-corrected chi connectivity index (χ3v) is 5.88. The van der Waals surface area contributed by atoms with Crippen molar-refractivity contribution in [3.8, 4) is 0 Å². The van der Waals surface area contributed by atoms with E-state index in [2.05, 4.69) is 9.55 Å². The fraction of sp³-hybridized carbons (Fsp3) is 0.458. The van der Waals surface area contributed by atoms with Crippen LogP contribution in [0.3, 0.4) is 0 Å². The normalized spacial score (nSPS) is 15.1. The van der Waals surface area contributed by atoms with E-state index in [0.29, 0.717) is 12.6 Å². The molecule has 170 valence electrons. The Hall–Kier alpha value is -2.90. The maximum atomic E-state index is 13.3. The first-order chi connectivity index (χ1) is 15.2. The van der Waals surface area contributed by atoms with Crippen molar-refractivity contribution in [3.05, 3.63) is 59.5 Å². The highest BCUT2D eigenvalue weighted by molar-refractivity contribution is 5.94. The van der Waals surface area contributed by atoms with Crippen LogP contribution in [-0.2, 0) is 12.7 Å². The number of carbonyl (C=O) groups is 1. The van der Waals surface area contributed by atoms with Crippen molar-refractivity contribution >= 4 is 17.1 Å². The van der Waals surface area contributed by atoms with Gasteiger partial charge in [0.25, 0.3) is 5.91 Å². The van der Waals surface area contributed by atoms with Gasteiger partial charge in [-0.05, 0) is 55.2 Å². The lowest BCUT2D eigenvalue weighted by Gasteiger charge is -2.26. The average Bonchev–Trinajstić information content (AvgIpc) is 3.39. The fourth-order valence-corrected chi connectivity index (χ4v) is 4.45. The van der Waals surface area contributed by atoms with Crippen LogP contribution >= 0.6 is 0 Å². The van der Waals surface area contributed by atoms with E-state index in [4.69, 9.17) is 4.98 Å². The van der Waals surface area contributed by atoms with E-state index in [1.54, 1.807) is 11.1 Å². The summed E-state index contributed by atoms with van der Waals surface area (Å²) in [7, 11) is 0. The van der Waals surface area contributed by atoms with Crippen molar-refractivity contribution in [2.24, 2.45) is 5.92 Å². The molecule has 0 N–H and O–H groups in total. The molecular formula is C24H27F3N4O. The first-order valence-corrected chi connectivity index (χ1v) is 11.0. The van der Waals surface area contributed by atoms with Gasteiger partial charge in [0.15, 0.2) is 5.65 Å². The largest absolute Gasteiger partial charge is 0.416 e. The van der Waals surface area contributed by atoms with Crippen LogP contribution in [0.5, 0.6) is 0 Å². The first-order valence-electron chi connectivity index (χ1n) is 11.0. The predicted molar refractivity (Wildman–Crippen MR) is 116 cm³/mol. The molecule has 0 radical (unpaired) electrons. The molecule has 8 heteroatoms. The number of carbonyl (C=O) groups excluding carboxylic acids is 1. The van der Waals surface area contributed by atoms with Gasteiger partial charge in [0.05, 0.1) is 12.1 Å². The lowest BCUT2D eigenvalue weighted by molar-refractivity contribution is -0.137. The number of halogens is 3. The molecule has 0 atom stereocenters. The van der Waals surface area contributed by atoms with Crippen LogP contribution in [0.2, 0.25) is 0 Å². The zero-order valence-corrected chi connectivity index (χ0v) is 18.3. The summed E-state index contributed by atoms with van der Waals surface area (Å²) in [5.41, 5.74) is 1.08. The number of pyridine rings is 1. The molecule has 0 unspecified atom stereocenters. The number of aromatic nitrogens is 3. The third-order valence-electron chi connectivity index (χ3n) is 5.88. The predicted octanol–water partition coefficient (Wildman–Crippen LogP) is 5.86. The van der Waals surface area contributed by atoms with Gasteiger partial charge in [-0.25, -0.2) is 9.97 Å². The van der Waals surface area contributed by atoms with Crippen LogP contribution in [0.15, 0.2) is 42.6 Å². The summed E-state index contributed by atoms with van der Waals surface area (Å²) in [4.78, 5) is 24.3. The molecule has 2 aromatic heterocycles. The molecular weight excluding hydrogens is 417 g/mol. The van der Waals surface area contributed by atoms with Crippen LogP contribution in [0.1, 0.15) is 67.3 Å². The third kappa shape index (κ3) is 4.64. The van der Waals surface area contributed by atoms with Gasteiger partial charge in [-0.3, -0.25) is 4.79 Å². The molecule has 0 saturated heterocycles. The zero-order valence-electron chi connectivity index (χ0n) is 18.3. The molecule has 1 aliphatic rings. The number of imidazole rings is 1. The van der Waals surface area contributed by atoms with Crippen LogP contribution in [-0.4, -0.2) is 31.9 Å². The number of alkyl halides is 3. The van der Waals surface area contributed by atoms with E-state index in [1.165, 1.54) is 12.1 Å². The fourth-order valence-electron chi connectivity index (χ4n) is 4.45. The van der Waals surface area contributed by atoms with E-state index in [0.717, 1.165) is 54.8 Å². The highest BCUT2D eigenvalue weighted by Gasteiger charge is 2.31. The van der Waals surface area contributed by atoms with E-state index >= 15 is 0 Å². The summed E-state index contributed by atoms with van der Waals surface area (Å²) in [5.74, 6) is 0.660. The standard InChI is InChI=1S/C24H27F3N4O/c1-16(2)14-30(23(32)17-9-11-18(12-10-17)24(25,26)27)15-21-29-20-8-5-13-28-22(20)31(21)19-6-3-4-7-19/h5,8-13,16,19H,3-4,6-7,14-15H2,1-2H3. The van der Waals surface area contributed by atoms with Crippen molar-refractivity contribution < 1.29 is 18.0 Å². The number of nitrogens with zero attached hydrogens (tertiary/aromatic N) is 4. The monoisotopic (exact) mass is 444 g/mol. The molecule has 5 nitrogen and oxygen atoms in total. The van der Waals surface area contributed by atoms with Gasteiger partial charge in [0, 0.05) is 24.3 Å². The highest BCUT2D eigenvalue weighted by atomic mass is 19.4. The first kappa shape index (κ1) is 22.3. The number of fused-ring (bicyclic) bond motifs is 1. The second-order valence-electron chi connectivity index (χ2n) is 8.84.